The maximum atomic E-state index is 11.7. The molecule has 0 unspecified atom stereocenters. The van der Waals surface area contributed by atoms with Gasteiger partial charge in [0.05, 0.1) is 19.3 Å². The molecule has 0 aliphatic carbocycles. The Bertz CT molecular complexity index is 486. The van der Waals surface area contributed by atoms with E-state index in [1.165, 1.54) is 0 Å². The average molecular weight is 235 g/mol. The van der Waals surface area contributed by atoms with Gasteiger partial charge in [0.15, 0.2) is 0 Å². The van der Waals surface area contributed by atoms with Gasteiger partial charge in [-0.25, -0.2) is 4.98 Å². The highest BCUT2D eigenvalue weighted by atomic mass is 16.3. The fourth-order valence-electron chi connectivity index (χ4n) is 1.45. The van der Waals surface area contributed by atoms with Crippen LogP contribution >= 0.6 is 0 Å². The Morgan fingerprint density at radius 2 is 2.18 bits per heavy atom. The number of nitrogens with one attached hydrogen (secondary N) is 1. The highest BCUT2D eigenvalue weighted by Crippen LogP contribution is 2.04. The summed E-state index contributed by atoms with van der Waals surface area (Å²) in [5, 5.41) is 20.2. The zero-order valence-electron chi connectivity index (χ0n) is 9.08. The highest BCUT2D eigenvalue weighted by molar-refractivity contribution is 5.93. The Hall–Kier alpha value is -1.92. The summed E-state index contributed by atoms with van der Waals surface area (Å²) in [4.78, 5) is 15.9. The van der Waals surface area contributed by atoms with Crippen molar-refractivity contribution in [1.29, 1.82) is 0 Å². The molecular formula is C11H13N3O3. The number of aromatic nitrogens is 2. The van der Waals surface area contributed by atoms with Gasteiger partial charge in [-0.05, 0) is 12.1 Å². The number of nitrogens with zero attached hydrogens (tertiary/aromatic N) is 2. The number of hydrogen-bond donors (Lipinski definition) is 3. The van der Waals surface area contributed by atoms with Gasteiger partial charge in [0.2, 0.25) is 0 Å². The third kappa shape index (κ3) is 2.43. The monoisotopic (exact) mass is 235 g/mol. The number of amides is 1. The molecule has 2 heterocycles. The molecule has 17 heavy (non-hydrogen) atoms. The maximum absolute atomic E-state index is 11.7. The topological polar surface area (TPSA) is 86.9 Å². The van der Waals surface area contributed by atoms with E-state index in [-0.39, 0.29) is 18.9 Å². The second kappa shape index (κ2) is 4.94. The lowest BCUT2D eigenvalue weighted by Gasteiger charge is -2.11. The Morgan fingerprint density at radius 1 is 1.41 bits per heavy atom. The molecule has 2 aromatic heterocycles. The molecule has 6 nitrogen and oxygen atoms in total. The minimum absolute atomic E-state index is 0.253. The van der Waals surface area contributed by atoms with Gasteiger partial charge in [-0.1, -0.05) is 6.07 Å². The van der Waals surface area contributed by atoms with Crippen molar-refractivity contribution in [2.24, 2.45) is 0 Å². The minimum atomic E-state index is -0.660. The molecule has 2 aromatic rings. The van der Waals surface area contributed by atoms with Gasteiger partial charge < -0.3 is 19.9 Å². The molecule has 2 rings (SSSR count). The molecule has 0 aromatic carbocycles. The standard InChI is InChI=1S/C11H13N3O3/c15-6-8(7-16)12-11(17)9-5-14-4-2-1-3-10(14)13-9/h1-5,8,15-16H,6-7H2,(H,12,17). The van der Waals surface area contributed by atoms with Crippen LogP contribution in [-0.4, -0.2) is 44.8 Å². The summed E-state index contributed by atoms with van der Waals surface area (Å²) in [5.74, 6) is -0.415. The molecule has 0 atom stereocenters. The molecule has 0 saturated heterocycles. The van der Waals surface area contributed by atoms with Crippen LogP contribution in [0.25, 0.3) is 5.65 Å². The van der Waals surface area contributed by atoms with E-state index in [0.717, 1.165) is 0 Å². The number of aliphatic hydroxyl groups excluding tert-OH is 2. The number of carbonyl (C=O) groups excluding carboxylic acids is 1. The molecule has 0 aliphatic heterocycles. The number of imidazole rings is 1. The van der Waals surface area contributed by atoms with Gasteiger partial charge >= 0.3 is 0 Å². The SMILES string of the molecule is O=C(NC(CO)CO)c1cn2ccccc2n1. The summed E-state index contributed by atoms with van der Waals surface area (Å²) in [6, 6.07) is 4.79. The first-order valence-electron chi connectivity index (χ1n) is 5.21. The molecule has 3 N–H and O–H groups in total. The van der Waals surface area contributed by atoms with Crippen molar-refractivity contribution in [3.8, 4) is 0 Å². The number of aliphatic hydroxyl groups is 2. The highest BCUT2D eigenvalue weighted by Gasteiger charge is 2.14. The summed E-state index contributed by atoms with van der Waals surface area (Å²) >= 11 is 0. The van der Waals surface area contributed by atoms with E-state index in [4.69, 9.17) is 10.2 Å². The predicted octanol–water partition coefficient (Wildman–Crippen LogP) is -0.583. The van der Waals surface area contributed by atoms with E-state index in [1.807, 2.05) is 12.1 Å². The van der Waals surface area contributed by atoms with Crippen molar-refractivity contribution in [2.45, 2.75) is 6.04 Å². The number of carbonyl (C=O) groups is 1. The third-order valence-electron chi connectivity index (χ3n) is 2.37. The van der Waals surface area contributed by atoms with Gasteiger partial charge in [-0.3, -0.25) is 4.79 Å². The molecule has 0 fully saturated rings. The molecule has 0 aliphatic rings. The van der Waals surface area contributed by atoms with Crippen molar-refractivity contribution >= 4 is 11.6 Å². The Balaban J connectivity index is 2.19. The van der Waals surface area contributed by atoms with Crippen molar-refractivity contribution in [3.63, 3.8) is 0 Å². The molecule has 0 radical (unpaired) electrons. The van der Waals surface area contributed by atoms with Crippen LogP contribution < -0.4 is 5.32 Å². The van der Waals surface area contributed by atoms with Crippen LogP contribution in [0.1, 0.15) is 10.5 Å². The third-order valence-corrected chi connectivity index (χ3v) is 2.37. The van der Waals surface area contributed by atoms with Crippen LogP contribution in [0.4, 0.5) is 0 Å². The number of pyridine rings is 1. The molecular weight excluding hydrogens is 222 g/mol. The van der Waals surface area contributed by atoms with Crippen LogP contribution in [0.3, 0.4) is 0 Å². The minimum Gasteiger partial charge on any atom is -0.394 e. The predicted molar refractivity (Wildman–Crippen MR) is 60.6 cm³/mol. The zero-order chi connectivity index (χ0) is 12.3. The van der Waals surface area contributed by atoms with Crippen LogP contribution in [0.2, 0.25) is 0 Å². The smallest absolute Gasteiger partial charge is 0.271 e. The van der Waals surface area contributed by atoms with Crippen molar-refractivity contribution < 1.29 is 15.0 Å². The number of hydrogen-bond acceptors (Lipinski definition) is 4. The van der Waals surface area contributed by atoms with Gasteiger partial charge in [0.25, 0.3) is 5.91 Å². The average Bonchev–Trinajstić information content (AvgIpc) is 2.79. The van der Waals surface area contributed by atoms with Gasteiger partial charge in [0.1, 0.15) is 11.3 Å². The molecule has 0 spiro atoms. The van der Waals surface area contributed by atoms with Gasteiger partial charge in [-0.2, -0.15) is 0 Å². The molecule has 1 amide bonds. The fraction of sp³-hybridized carbons (Fsp3) is 0.273. The lowest BCUT2D eigenvalue weighted by molar-refractivity contribution is 0.0875. The fourth-order valence-corrected chi connectivity index (χ4v) is 1.45. The maximum Gasteiger partial charge on any atom is 0.271 e. The summed E-state index contributed by atoms with van der Waals surface area (Å²) < 4.78 is 1.72. The van der Waals surface area contributed by atoms with Gasteiger partial charge in [-0.15, -0.1) is 0 Å². The molecule has 6 heteroatoms. The molecule has 0 saturated carbocycles. The summed E-state index contributed by atoms with van der Waals surface area (Å²) in [6.45, 7) is -0.620. The first-order valence-corrected chi connectivity index (χ1v) is 5.21. The van der Waals surface area contributed by atoms with E-state index < -0.39 is 11.9 Å². The lowest BCUT2D eigenvalue weighted by Crippen LogP contribution is -2.40. The molecule has 0 bridgehead atoms. The zero-order valence-corrected chi connectivity index (χ0v) is 9.08. The van der Waals surface area contributed by atoms with Crippen LogP contribution in [0, 0.1) is 0 Å². The van der Waals surface area contributed by atoms with Crippen LogP contribution in [-0.2, 0) is 0 Å². The summed E-state index contributed by atoms with van der Waals surface area (Å²) in [6.07, 6.45) is 3.38. The van der Waals surface area contributed by atoms with Crippen molar-refractivity contribution in [3.05, 3.63) is 36.3 Å². The van der Waals surface area contributed by atoms with Crippen LogP contribution in [0.15, 0.2) is 30.6 Å². The second-order valence-corrected chi connectivity index (χ2v) is 3.63. The van der Waals surface area contributed by atoms with E-state index in [0.29, 0.717) is 5.65 Å². The first-order chi connectivity index (χ1) is 8.24. The van der Waals surface area contributed by atoms with E-state index in [9.17, 15) is 4.79 Å². The lowest BCUT2D eigenvalue weighted by atomic mass is 10.3. The number of rotatable bonds is 4. The van der Waals surface area contributed by atoms with Crippen molar-refractivity contribution in [2.75, 3.05) is 13.2 Å². The van der Waals surface area contributed by atoms with E-state index in [1.54, 1.807) is 22.9 Å². The van der Waals surface area contributed by atoms with Gasteiger partial charge in [0, 0.05) is 12.4 Å². The van der Waals surface area contributed by atoms with Crippen LogP contribution in [0.5, 0.6) is 0 Å². The largest absolute Gasteiger partial charge is 0.394 e. The quantitative estimate of drug-likeness (QED) is 0.661. The Morgan fingerprint density at radius 3 is 2.82 bits per heavy atom. The Kier molecular flexibility index (Phi) is 3.36. The second-order valence-electron chi connectivity index (χ2n) is 3.63. The van der Waals surface area contributed by atoms with Crippen molar-refractivity contribution in [1.82, 2.24) is 14.7 Å². The van der Waals surface area contributed by atoms with E-state index >= 15 is 0 Å². The number of fused-ring (bicyclic) bond motifs is 1. The normalized spacial score (nSPS) is 11.0. The Labute approximate surface area is 97.5 Å². The summed E-state index contributed by atoms with van der Waals surface area (Å²) in [7, 11) is 0. The summed E-state index contributed by atoms with van der Waals surface area (Å²) in [5.41, 5.74) is 0.922. The van der Waals surface area contributed by atoms with E-state index in [2.05, 4.69) is 10.3 Å². The molecule has 90 valence electrons. The first kappa shape index (κ1) is 11.6.